The smallest absolute Gasteiger partial charge is 0.383 e. The van der Waals surface area contributed by atoms with Crippen molar-refractivity contribution < 1.29 is 55.9 Å². The highest BCUT2D eigenvalue weighted by Crippen LogP contribution is 2.66. The quantitative estimate of drug-likeness (QED) is 0.102. The highest BCUT2D eigenvalue weighted by molar-refractivity contribution is 8.76. The Balaban J connectivity index is 2.17. The molecule has 5 atom stereocenters. The Hall–Kier alpha value is -0.290. The van der Waals surface area contributed by atoms with Crippen molar-refractivity contribution in [2.75, 3.05) is 24.5 Å². The third kappa shape index (κ3) is 9.02. The van der Waals surface area contributed by atoms with Crippen molar-refractivity contribution >= 4 is 50.9 Å². The molecule has 1 saturated heterocycles. The van der Waals surface area contributed by atoms with Crippen LogP contribution in [0.2, 0.25) is 0 Å². The lowest BCUT2D eigenvalue weighted by molar-refractivity contribution is -0.123. The maximum atomic E-state index is 12.2. The van der Waals surface area contributed by atoms with E-state index in [2.05, 4.69) is 13.6 Å². The second kappa shape index (κ2) is 11.2. The van der Waals surface area contributed by atoms with Gasteiger partial charge in [-0.2, -0.15) is 13.6 Å². The van der Waals surface area contributed by atoms with Crippen LogP contribution < -0.4 is 11.4 Å². The van der Waals surface area contributed by atoms with E-state index in [0.29, 0.717) is 0 Å². The first-order chi connectivity index (χ1) is 15.1. The second-order valence-electron chi connectivity index (χ2n) is 6.59. The van der Waals surface area contributed by atoms with Crippen LogP contribution in [0, 0.1) is 0 Å². The summed E-state index contributed by atoms with van der Waals surface area (Å²) < 4.78 is 59.1. The Morgan fingerprint density at radius 1 is 1.27 bits per heavy atom. The summed E-state index contributed by atoms with van der Waals surface area (Å²) in [6.07, 6.45) is 1.53. The van der Waals surface area contributed by atoms with E-state index in [9.17, 15) is 28.3 Å². The number of phosphoric acid groups is 3. The van der Waals surface area contributed by atoms with E-state index < -0.39 is 53.7 Å². The number of nitrogens with two attached hydrogens (primary N) is 1. The number of nitrogen functional groups attached to an aromatic ring is 1. The molecule has 0 spiro atoms. The maximum absolute atomic E-state index is 12.2. The molecule has 0 aliphatic carbocycles. The standard InChI is InChI=1S/C12H22N3O13P3S2/c1-12(6-25-30(20,21)28-31(22,23)27-29(17,18)19)8(24-7-33-32-2)5-10(26-12)15-4-3-9(13)14-11(15)16/h3-4,8,10H,5-7H2,1-2H3,(H,20,21)(H,22,23)(H2,13,14,16)(H2,17,18,19)/t8?,10-,12?/m1/s1. The Labute approximate surface area is 195 Å². The number of nitrogens with zero attached hydrogens (tertiary/aromatic N) is 2. The van der Waals surface area contributed by atoms with Crippen molar-refractivity contribution in [3.63, 3.8) is 0 Å². The molecule has 0 amide bonds. The van der Waals surface area contributed by atoms with Gasteiger partial charge in [-0.1, -0.05) is 21.6 Å². The minimum absolute atomic E-state index is 0.00571. The molecule has 1 fully saturated rings. The van der Waals surface area contributed by atoms with Crippen molar-refractivity contribution in [3.05, 3.63) is 22.7 Å². The van der Waals surface area contributed by atoms with E-state index in [1.165, 1.54) is 40.8 Å². The fourth-order valence-electron chi connectivity index (χ4n) is 2.72. The lowest BCUT2D eigenvalue weighted by atomic mass is 10.0. The molecule has 33 heavy (non-hydrogen) atoms. The Bertz CT molecular complexity index is 1040. The molecule has 1 aliphatic rings. The average molecular weight is 573 g/mol. The van der Waals surface area contributed by atoms with Gasteiger partial charge in [0.05, 0.1) is 12.7 Å². The monoisotopic (exact) mass is 573 g/mol. The van der Waals surface area contributed by atoms with Gasteiger partial charge in [-0.25, -0.2) is 18.5 Å². The largest absolute Gasteiger partial charge is 0.490 e. The summed E-state index contributed by atoms with van der Waals surface area (Å²) in [5, 5.41) is 0. The third-order valence-electron chi connectivity index (χ3n) is 4.03. The molecule has 0 saturated carbocycles. The molecule has 2 heterocycles. The maximum Gasteiger partial charge on any atom is 0.490 e. The molecule has 6 N–H and O–H groups in total. The second-order valence-corrected chi connectivity index (χ2v) is 13.5. The van der Waals surface area contributed by atoms with Gasteiger partial charge in [0.25, 0.3) is 0 Å². The summed E-state index contributed by atoms with van der Waals surface area (Å²) in [7, 11) is -13.8. The van der Waals surface area contributed by atoms with Crippen LogP contribution in [0.25, 0.3) is 0 Å². The Morgan fingerprint density at radius 2 is 1.94 bits per heavy atom. The van der Waals surface area contributed by atoms with Crippen LogP contribution in [-0.4, -0.2) is 59.6 Å². The predicted molar refractivity (Wildman–Crippen MR) is 117 cm³/mol. The van der Waals surface area contributed by atoms with E-state index in [1.807, 2.05) is 6.26 Å². The van der Waals surface area contributed by atoms with Crippen LogP contribution in [0.15, 0.2) is 17.1 Å². The number of aromatic nitrogens is 2. The van der Waals surface area contributed by atoms with Gasteiger partial charge in [0.1, 0.15) is 23.6 Å². The molecule has 190 valence electrons. The van der Waals surface area contributed by atoms with Crippen molar-refractivity contribution in [1.29, 1.82) is 0 Å². The molecular formula is C12H22N3O13P3S2. The van der Waals surface area contributed by atoms with Gasteiger partial charge in [-0.15, -0.1) is 0 Å². The SMILES string of the molecule is CSSCOC1C[C@H](n2ccc(N)nc2=O)OC1(C)COP(=O)(O)OP(=O)(O)OP(=O)(O)O. The van der Waals surface area contributed by atoms with Crippen molar-refractivity contribution in [2.45, 2.75) is 31.3 Å². The van der Waals surface area contributed by atoms with Crippen LogP contribution in [0.3, 0.4) is 0 Å². The summed E-state index contributed by atoms with van der Waals surface area (Å²) in [6.45, 7) is 0.681. The first-order valence-electron chi connectivity index (χ1n) is 8.64. The number of hydrogen-bond donors (Lipinski definition) is 5. The van der Waals surface area contributed by atoms with Crippen LogP contribution in [0.1, 0.15) is 19.6 Å². The molecule has 1 aliphatic heterocycles. The molecular weight excluding hydrogens is 551 g/mol. The number of ether oxygens (including phenoxy) is 2. The van der Waals surface area contributed by atoms with E-state index >= 15 is 0 Å². The van der Waals surface area contributed by atoms with Crippen LogP contribution in [0.4, 0.5) is 5.82 Å². The Kier molecular flexibility index (Phi) is 9.81. The summed E-state index contributed by atoms with van der Waals surface area (Å²) in [5.41, 5.74) is 3.29. The third-order valence-corrected chi connectivity index (χ3v) is 9.28. The highest BCUT2D eigenvalue weighted by atomic mass is 33.1. The highest BCUT2D eigenvalue weighted by Gasteiger charge is 2.50. The van der Waals surface area contributed by atoms with Crippen LogP contribution in [0.5, 0.6) is 0 Å². The lowest BCUT2D eigenvalue weighted by Gasteiger charge is -2.30. The molecule has 1 aromatic heterocycles. The topological polar surface area (TPSA) is 239 Å². The van der Waals surface area contributed by atoms with Gasteiger partial charge in [-0.05, 0) is 19.2 Å². The summed E-state index contributed by atoms with van der Waals surface area (Å²) >= 11 is 0. The van der Waals surface area contributed by atoms with Crippen LogP contribution >= 0.6 is 45.1 Å². The van der Waals surface area contributed by atoms with Gasteiger partial charge >= 0.3 is 29.2 Å². The van der Waals surface area contributed by atoms with Crippen molar-refractivity contribution in [3.8, 4) is 0 Å². The normalized spacial score (nSPS) is 27.2. The fourth-order valence-corrected chi connectivity index (χ4v) is 6.61. The zero-order valence-corrected chi connectivity index (χ0v) is 21.3. The number of anilines is 1. The summed E-state index contributed by atoms with van der Waals surface area (Å²) in [5.74, 6) is 0.176. The molecule has 4 unspecified atom stereocenters. The van der Waals surface area contributed by atoms with Gasteiger partial charge in [0, 0.05) is 12.6 Å². The Morgan fingerprint density at radius 3 is 2.52 bits per heavy atom. The molecule has 16 nitrogen and oxygen atoms in total. The summed E-state index contributed by atoms with van der Waals surface area (Å²) in [6, 6.07) is 1.37. The minimum atomic E-state index is -5.67. The van der Waals surface area contributed by atoms with Crippen molar-refractivity contribution in [1.82, 2.24) is 9.55 Å². The molecule has 2 rings (SSSR count). The molecule has 1 aromatic rings. The zero-order valence-electron chi connectivity index (χ0n) is 17.0. The average Bonchev–Trinajstić information content (AvgIpc) is 2.94. The van der Waals surface area contributed by atoms with Gasteiger partial charge in [0.15, 0.2) is 0 Å². The zero-order chi connectivity index (χ0) is 25.1. The lowest BCUT2D eigenvalue weighted by Crippen LogP contribution is -2.42. The first kappa shape index (κ1) is 28.9. The van der Waals surface area contributed by atoms with Gasteiger partial charge < -0.3 is 34.8 Å². The fraction of sp³-hybridized carbons (Fsp3) is 0.667. The van der Waals surface area contributed by atoms with Gasteiger partial charge in [-0.3, -0.25) is 9.09 Å². The predicted octanol–water partition coefficient (Wildman–Crippen LogP) is 1.20. The van der Waals surface area contributed by atoms with E-state index in [4.69, 9.17) is 29.5 Å². The van der Waals surface area contributed by atoms with Crippen LogP contribution in [-0.2, 0) is 36.3 Å². The molecule has 0 aromatic carbocycles. The number of hydrogen-bond acceptors (Lipinski definition) is 13. The molecule has 0 radical (unpaired) electrons. The van der Waals surface area contributed by atoms with Gasteiger partial charge in [0.2, 0.25) is 0 Å². The van der Waals surface area contributed by atoms with E-state index in [-0.39, 0.29) is 18.2 Å². The minimum Gasteiger partial charge on any atom is -0.383 e. The molecule has 21 heteroatoms. The van der Waals surface area contributed by atoms with Crippen molar-refractivity contribution in [2.24, 2.45) is 0 Å². The summed E-state index contributed by atoms with van der Waals surface area (Å²) in [4.78, 5) is 52.0. The van der Waals surface area contributed by atoms with E-state index in [1.54, 1.807) is 0 Å². The first-order valence-corrected chi connectivity index (χ1v) is 15.9. The number of phosphoric ester groups is 1. The number of rotatable bonds is 12. The van der Waals surface area contributed by atoms with E-state index in [0.717, 1.165) is 4.57 Å². The molecule has 0 bridgehead atoms.